The van der Waals surface area contributed by atoms with Gasteiger partial charge in [-0.15, -0.1) is 0 Å². The van der Waals surface area contributed by atoms with Gasteiger partial charge >= 0.3 is 0 Å². The van der Waals surface area contributed by atoms with Crippen molar-refractivity contribution in [3.63, 3.8) is 0 Å². The zero-order valence-electron chi connectivity index (χ0n) is 20.4. The highest BCUT2D eigenvalue weighted by atomic mass is 19.1. The lowest BCUT2D eigenvalue weighted by atomic mass is 9.83. The molecule has 3 heterocycles. The van der Waals surface area contributed by atoms with Crippen molar-refractivity contribution in [2.24, 2.45) is 5.92 Å². The van der Waals surface area contributed by atoms with Gasteiger partial charge in [0.2, 0.25) is 6.79 Å². The number of rotatable bonds is 6. The van der Waals surface area contributed by atoms with Gasteiger partial charge in [-0.3, -0.25) is 4.79 Å². The van der Waals surface area contributed by atoms with Crippen LogP contribution in [0.2, 0.25) is 0 Å². The maximum absolute atomic E-state index is 13.4. The second-order valence-electron chi connectivity index (χ2n) is 10.4. The van der Waals surface area contributed by atoms with Crippen molar-refractivity contribution < 1.29 is 23.2 Å². The van der Waals surface area contributed by atoms with Crippen molar-refractivity contribution in [3.05, 3.63) is 53.5 Å². The van der Waals surface area contributed by atoms with E-state index in [0.717, 1.165) is 75.2 Å². The number of hydrogen-bond donors (Lipinski definition) is 1. The molecule has 2 aromatic carbocycles. The number of nitrogens with zero attached hydrogens (tertiary/aromatic N) is 2. The predicted octanol–water partition coefficient (Wildman–Crippen LogP) is 5.25. The fourth-order valence-corrected chi connectivity index (χ4v) is 5.92. The van der Waals surface area contributed by atoms with Crippen LogP contribution in [-0.2, 0) is 0 Å². The summed E-state index contributed by atoms with van der Waals surface area (Å²) in [7, 11) is 0. The quantitative estimate of drug-likeness (QED) is 0.505. The van der Waals surface area contributed by atoms with Crippen LogP contribution in [0.1, 0.15) is 66.9 Å². The lowest BCUT2D eigenvalue weighted by molar-refractivity contribution is 0.0918. The van der Waals surface area contributed by atoms with E-state index in [2.05, 4.69) is 15.4 Å². The van der Waals surface area contributed by atoms with E-state index < -0.39 is 0 Å². The summed E-state index contributed by atoms with van der Waals surface area (Å²) in [6.45, 7) is 3.45. The lowest BCUT2D eigenvalue weighted by Gasteiger charge is -2.34. The summed E-state index contributed by atoms with van der Waals surface area (Å²) in [5.41, 5.74) is 2.14. The Hall–Kier alpha value is -3.13. The molecule has 0 bridgehead atoms. The highest BCUT2D eigenvalue weighted by molar-refractivity contribution is 5.95. The van der Waals surface area contributed by atoms with Gasteiger partial charge in [0.05, 0.1) is 5.69 Å². The van der Waals surface area contributed by atoms with Crippen molar-refractivity contribution in [1.82, 2.24) is 15.4 Å². The first-order valence-electron chi connectivity index (χ1n) is 13.1. The molecular weight excluding hydrogens is 461 g/mol. The molecule has 7 nitrogen and oxygen atoms in total. The summed E-state index contributed by atoms with van der Waals surface area (Å²) in [5.74, 6) is 2.10. The number of likely N-dealkylation sites (tertiary alicyclic amines) is 1. The molecule has 1 saturated carbocycles. The van der Waals surface area contributed by atoms with Crippen molar-refractivity contribution in [1.29, 1.82) is 0 Å². The number of ether oxygens (including phenoxy) is 2. The van der Waals surface area contributed by atoms with Gasteiger partial charge in [0.1, 0.15) is 5.82 Å². The standard InChI is InChI=1S/C28H32FN3O4/c29-21-4-7-23-25(16-21)36-31-27(23)19-10-13-32(14-11-19)12-9-18-1-5-22(6-2-18)30-28(33)20-3-8-24-26(15-20)35-17-34-24/h3-4,7-8,15-16,18-19,22H,1-2,5-6,9-14,17H2,(H,30,33)/t18-,22-. The van der Waals surface area contributed by atoms with Gasteiger partial charge in [-0.2, -0.15) is 0 Å². The largest absolute Gasteiger partial charge is 0.454 e. The minimum Gasteiger partial charge on any atom is -0.454 e. The van der Waals surface area contributed by atoms with E-state index in [1.165, 1.54) is 18.6 Å². The zero-order valence-corrected chi connectivity index (χ0v) is 20.4. The SMILES string of the molecule is O=C(N[C@H]1CC[C@H](CCN2CCC(c3noc4cc(F)ccc34)CC2)CC1)c1ccc2c(c1)OCO2. The number of halogens is 1. The Morgan fingerprint density at radius 1 is 1.00 bits per heavy atom. The fraction of sp³-hybridized carbons (Fsp3) is 0.500. The smallest absolute Gasteiger partial charge is 0.251 e. The number of benzene rings is 2. The van der Waals surface area contributed by atoms with E-state index in [9.17, 15) is 9.18 Å². The molecule has 0 unspecified atom stereocenters. The molecule has 2 aliphatic heterocycles. The van der Waals surface area contributed by atoms with E-state index in [1.54, 1.807) is 24.3 Å². The Balaban J connectivity index is 0.924. The van der Waals surface area contributed by atoms with Crippen LogP contribution >= 0.6 is 0 Å². The molecule has 36 heavy (non-hydrogen) atoms. The Bertz CT molecular complexity index is 1230. The molecule has 1 aliphatic carbocycles. The first-order valence-corrected chi connectivity index (χ1v) is 13.1. The maximum Gasteiger partial charge on any atom is 0.251 e. The van der Waals surface area contributed by atoms with Gasteiger partial charge in [0, 0.05) is 29.0 Å². The second-order valence-corrected chi connectivity index (χ2v) is 10.4. The van der Waals surface area contributed by atoms with E-state index in [1.807, 2.05) is 0 Å². The molecule has 8 heteroatoms. The molecular formula is C28H32FN3O4. The van der Waals surface area contributed by atoms with Crippen LogP contribution in [-0.4, -0.2) is 48.4 Å². The number of piperidine rings is 1. The topological polar surface area (TPSA) is 76.8 Å². The van der Waals surface area contributed by atoms with Gasteiger partial charge < -0.3 is 24.2 Å². The third-order valence-corrected chi connectivity index (χ3v) is 8.11. The Morgan fingerprint density at radius 3 is 2.64 bits per heavy atom. The number of amides is 1. The number of carbonyl (C=O) groups excluding carboxylic acids is 1. The highest BCUT2D eigenvalue weighted by Crippen LogP contribution is 2.35. The van der Waals surface area contributed by atoms with Crippen LogP contribution in [0.5, 0.6) is 11.5 Å². The number of fused-ring (bicyclic) bond motifs is 2. The predicted molar refractivity (Wildman–Crippen MR) is 133 cm³/mol. The molecule has 0 spiro atoms. The lowest BCUT2D eigenvalue weighted by Crippen LogP contribution is -2.38. The summed E-state index contributed by atoms with van der Waals surface area (Å²) < 4.78 is 29.5. The molecule has 0 radical (unpaired) electrons. The molecule has 190 valence electrons. The van der Waals surface area contributed by atoms with Crippen LogP contribution in [0, 0.1) is 11.7 Å². The summed E-state index contributed by atoms with van der Waals surface area (Å²) in [5, 5.41) is 8.41. The number of carbonyl (C=O) groups is 1. The molecule has 1 amide bonds. The van der Waals surface area contributed by atoms with Gasteiger partial charge in [0.15, 0.2) is 17.1 Å². The van der Waals surface area contributed by atoms with Crippen LogP contribution < -0.4 is 14.8 Å². The summed E-state index contributed by atoms with van der Waals surface area (Å²) in [6, 6.07) is 10.3. The highest BCUT2D eigenvalue weighted by Gasteiger charge is 2.27. The summed E-state index contributed by atoms with van der Waals surface area (Å²) >= 11 is 0. The number of nitrogens with one attached hydrogen (secondary N) is 1. The van der Waals surface area contributed by atoms with Gasteiger partial charge in [-0.1, -0.05) is 5.16 Å². The molecule has 0 atom stereocenters. The molecule has 1 aromatic heterocycles. The average molecular weight is 494 g/mol. The van der Waals surface area contributed by atoms with Crippen molar-refractivity contribution in [3.8, 4) is 11.5 Å². The number of hydrogen-bond acceptors (Lipinski definition) is 6. The minimum absolute atomic E-state index is 0.0374. The number of aromatic nitrogens is 1. The Kier molecular flexibility index (Phi) is 6.52. The second kappa shape index (κ2) is 10.1. The zero-order chi connectivity index (χ0) is 24.5. The van der Waals surface area contributed by atoms with E-state index in [4.69, 9.17) is 14.0 Å². The monoisotopic (exact) mass is 493 g/mol. The van der Waals surface area contributed by atoms with Crippen molar-refractivity contribution in [2.75, 3.05) is 26.4 Å². The molecule has 3 aromatic rings. The molecule has 6 rings (SSSR count). The van der Waals surface area contributed by atoms with Crippen molar-refractivity contribution in [2.45, 2.75) is 56.9 Å². The Labute approximate surface area is 209 Å². The van der Waals surface area contributed by atoms with Crippen molar-refractivity contribution >= 4 is 16.9 Å². The Morgan fingerprint density at radius 2 is 1.81 bits per heavy atom. The molecule has 1 N–H and O–H groups in total. The fourth-order valence-electron chi connectivity index (χ4n) is 5.92. The van der Waals surface area contributed by atoms with E-state index in [0.29, 0.717) is 28.6 Å². The van der Waals surface area contributed by atoms with Gasteiger partial charge in [-0.05, 0) is 101 Å². The van der Waals surface area contributed by atoms with Gasteiger partial charge in [-0.25, -0.2) is 4.39 Å². The summed E-state index contributed by atoms with van der Waals surface area (Å²) in [4.78, 5) is 15.2. The van der Waals surface area contributed by atoms with Crippen LogP contribution in [0.4, 0.5) is 4.39 Å². The van der Waals surface area contributed by atoms with Crippen LogP contribution in [0.3, 0.4) is 0 Å². The molecule has 1 saturated heterocycles. The van der Waals surface area contributed by atoms with E-state index >= 15 is 0 Å². The van der Waals surface area contributed by atoms with E-state index in [-0.39, 0.29) is 24.6 Å². The van der Waals surface area contributed by atoms with Crippen LogP contribution in [0.25, 0.3) is 11.0 Å². The molecule has 2 fully saturated rings. The third-order valence-electron chi connectivity index (χ3n) is 8.11. The molecule has 3 aliphatic rings. The van der Waals surface area contributed by atoms with Crippen LogP contribution in [0.15, 0.2) is 40.9 Å². The minimum atomic E-state index is -0.291. The summed E-state index contributed by atoms with van der Waals surface area (Å²) in [6.07, 6.45) is 7.69. The normalized spacial score (nSPS) is 22.7. The first kappa shape index (κ1) is 23.3. The maximum atomic E-state index is 13.4. The van der Waals surface area contributed by atoms with Gasteiger partial charge in [0.25, 0.3) is 5.91 Å². The third kappa shape index (κ3) is 4.91. The average Bonchev–Trinajstić information content (AvgIpc) is 3.55. The first-order chi connectivity index (χ1) is 17.6.